The number of phenolic OH excluding ortho intramolecular Hbond substituents is 1. The van der Waals surface area contributed by atoms with Crippen LogP contribution in [0.15, 0.2) is 57.3 Å². The Morgan fingerprint density at radius 3 is 2.23 bits per heavy atom. The number of carbonyl (C=O) groups is 2. The molecule has 0 spiro atoms. The first-order valence-electron chi connectivity index (χ1n) is 9.59. The molecule has 31 heavy (non-hydrogen) atoms. The second-order valence-corrected chi connectivity index (χ2v) is 7.25. The van der Waals surface area contributed by atoms with E-state index in [-0.39, 0.29) is 28.2 Å². The van der Waals surface area contributed by atoms with Crippen LogP contribution in [0.5, 0.6) is 17.2 Å². The van der Waals surface area contributed by atoms with Gasteiger partial charge in [0.25, 0.3) is 0 Å². The Hall–Kier alpha value is -3.87. The first-order valence-corrected chi connectivity index (χ1v) is 9.59. The lowest BCUT2D eigenvalue weighted by Gasteiger charge is -2.13. The van der Waals surface area contributed by atoms with E-state index in [9.17, 15) is 19.5 Å². The minimum absolute atomic E-state index is 0.00772. The third-order valence-electron chi connectivity index (χ3n) is 4.41. The molecule has 0 aliphatic heterocycles. The lowest BCUT2D eigenvalue weighted by Crippen LogP contribution is -2.07. The fourth-order valence-corrected chi connectivity index (χ4v) is 3.08. The molecule has 2 aromatic carbocycles. The predicted octanol–water partition coefficient (Wildman–Crippen LogP) is 4.52. The van der Waals surface area contributed by atoms with Crippen molar-refractivity contribution in [3.8, 4) is 28.6 Å². The van der Waals surface area contributed by atoms with Crippen LogP contribution in [-0.4, -0.2) is 17.0 Å². The standard InChI is InChI=1S/C24H22O7/c1-13(2)5-10-18-22(30-15(4)26)12-20(28)23-19(27)11-21(31-24(18)23)16-6-8-17(9-7-16)29-14(3)25/h5-9,11-12,28H,10H2,1-4H3. The molecule has 3 rings (SSSR count). The van der Waals surface area contributed by atoms with Crippen molar-refractivity contribution in [2.45, 2.75) is 34.1 Å². The second kappa shape index (κ2) is 8.87. The van der Waals surface area contributed by atoms with E-state index in [4.69, 9.17) is 13.9 Å². The summed E-state index contributed by atoms with van der Waals surface area (Å²) in [5.41, 5.74) is 1.76. The summed E-state index contributed by atoms with van der Waals surface area (Å²) in [6.07, 6.45) is 2.24. The molecule has 7 nitrogen and oxygen atoms in total. The van der Waals surface area contributed by atoms with Gasteiger partial charge in [-0.25, -0.2) is 0 Å². The van der Waals surface area contributed by atoms with Crippen LogP contribution < -0.4 is 14.9 Å². The molecule has 0 saturated carbocycles. The van der Waals surface area contributed by atoms with Gasteiger partial charge >= 0.3 is 11.9 Å². The maximum atomic E-state index is 12.8. The van der Waals surface area contributed by atoms with Gasteiger partial charge in [-0.2, -0.15) is 0 Å². The molecule has 0 radical (unpaired) electrons. The summed E-state index contributed by atoms with van der Waals surface area (Å²) in [7, 11) is 0. The maximum absolute atomic E-state index is 12.8. The number of fused-ring (bicyclic) bond motifs is 1. The third kappa shape index (κ3) is 5.01. The number of hydrogen-bond donors (Lipinski definition) is 1. The monoisotopic (exact) mass is 422 g/mol. The van der Waals surface area contributed by atoms with E-state index < -0.39 is 17.4 Å². The van der Waals surface area contributed by atoms with Gasteiger partial charge in [0.2, 0.25) is 0 Å². The summed E-state index contributed by atoms with van der Waals surface area (Å²) in [5.74, 6) is -0.597. The molecule has 1 N–H and O–H groups in total. The van der Waals surface area contributed by atoms with Crippen LogP contribution in [0, 0.1) is 0 Å². The zero-order chi connectivity index (χ0) is 22.7. The number of phenols is 1. The molecule has 0 amide bonds. The number of carbonyl (C=O) groups excluding carboxylic acids is 2. The highest BCUT2D eigenvalue weighted by molar-refractivity contribution is 5.90. The summed E-state index contributed by atoms with van der Waals surface area (Å²) in [4.78, 5) is 35.5. The summed E-state index contributed by atoms with van der Waals surface area (Å²) in [5, 5.41) is 10.4. The minimum Gasteiger partial charge on any atom is -0.507 e. The van der Waals surface area contributed by atoms with Crippen LogP contribution in [0.3, 0.4) is 0 Å². The van der Waals surface area contributed by atoms with E-state index >= 15 is 0 Å². The smallest absolute Gasteiger partial charge is 0.308 e. The number of allylic oxidation sites excluding steroid dienone is 2. The molecule has 160 valence electrons. The Bertz CT molecular complexity index is 1240. The van der Waals surface area contributed by atoms with Gasteiger partial charge in [-0.05, 0) is 44.5 Å². The van der Waals surface area contributed by atoms with Crippen LogP contribution in [0.25, 0.3) is 22.3 Å². The van der Waals surface area contributed by atoms with Gasteiger partial charge in [-0.3, -0.25) is 14.4 Å². The Labute approximate surface area is 178 Å². The summed E-state index contributed by atoms with van der Waals surface area (Å²) in [6.45, 7) is 6.39. The van der Waals surface area contributed by atoms with E-state index in [1.54, 1.807) is 24.3 Å². The van der Waals surface area contributed by atoms with Gasteiger partial charge in [0, 0.05) is 37.1 Å². The molecule has 7 heteroatoms. The molecular weight excluding hydrogens is 400 g/mol. The first kappa shape index (κ1) is 21.8. The highest BCUT2D eigenvalue weighted by Gasteiger charge is 2.20. The van der Waals surface area contributed by atoms with Crippen LogP contribution in [-0.2, 0) is 16.0 Å². The van der Waals surface area contributed by atoms with Gasteiger partial charge < -0.3 is 19.0 Å². The van der Waals surface area contributed by atoms with Gasteiger partial charge in [-0.15, -0.1) is 0 Å². The largest absolute Gasteiger partial charge is 0.507 e. The third-order valence-corrected chi connectivity index (χ3v) is 4.41. The Morgan fingerprint density at radius 1 is 1.00 bits per heavy atom. The second-order valence-electron chi connectivity index (χ2n) is 7.25. The van der Waals surface area contributed by atoms with Crippen molar-refractivity contribution in [3.05, 3.63) is 63.8 Å². The van der Waals surface area contributed by atoms with Gasteiger partial charge in [0.05, 0.1) is 0 Å². The molecule has 3 aromatic rings. The number of rotatable bonds is 5. The molecule has 1 aromatic heterocycles. The fraction of sp³-hybridized carbons (Fsp3) is 0.208. The van der Waals surface area contributed by atoms with E-state index in [1.165, 1.54) is 26.0 Å². The Morgan fingerprint density at radius 2 is 1.65 bits per heavy atom. The topological polar surface area (TPSA) is 103 Å². The number of aromatic hydroxyl groups is 1. The molecule has 1 heterocycles. The lowest BCUT2D eigenvalue weighted by molar-refractivity contribution is -0.132. The van der Waals surface area contributed by atoms with Crippen molar-refractivity contribution in [3.63, 3.8) is 0 Å². The van der Waals surface area contributed by atoms with Crippen LogP contribution in [0.4, 0.5) is 0 Å². The van der Waals surface area contributed by atoms with Crippen LogP contribution in [0.2, 0.25) is 0 Å². The minimum atomic E-state index is -0.559. The maximum Gasteiger partial charge on any atom is 0.308 e. The quantitative estimate of drug-likeness (QED) is 0.366. The predicted molar refractivity (Wildman–Crippen MR) is 115 cm³/mol. The SMILES string of the molecule is CC(=O)Oc1ccc(-c2cc(=O)c3c(O)cc(OC(C)=O)c(CC=C(C)C)c3o2)cc1. The molecule has 0 bridgehead atoms. The molecule has 0 atom stereocenters. The van der Waals surface area contributed by atoms with E-state index in [0.717, 1.165) is 5.57 Å². The average Bonchev–Trinajstić information content (AvgIpc) is 2.66. The van der Waals surface area contributed by atoms with Crippen molar-refractivity contribution in [1.82, 2.24) is 0 Å². The van der Waals surface area contributed by atoms with E-state index in [2.05, 4.69) is 0 Å². The molecular formula is C24H22O7. The molecule has 0 aliphatic carbocycles. The molecule has 0 saturated heterocycles. The molecule has 0 unspecified atom stereocenters. The van der Waals surface area contributed by atoms with Crippen LogP contribution in [0.1, 0.15) is 33.3 Å². The number of hydrogen-bond acceptors (Lipinski definition) is 7. The number of benzene rings is 2. The van der Waals surface area contributed by atoms with Crippen molar-refractivity contribution >= 4 is 22.9 Å². The summed E-state index contributed by atoms with van der Waals surface area (Å²) >= 11 is 0. The van der Waals surface area contributed by atoms with E-state index in [0.29, 0.717) is 23.3 Å². The molecule has 0 aliphatic rings. The van der Waals surface area contributed by atoms with Crippen molar-refractivity contribution < 1.29 is 28.6 Å². The summed E-state index contributed by atoms with van der Waals surface area (Å²) < 4.78 is 16.3. The highest BCUT2D eigenvalue weighted by Crippen LogP contribution is 2.36. The number of esters is 2. The van der Waals surface area contributed by atoms with Crippen molar-refractivity contribution in [2.75, 3.05) is 0 Å². The van der Waals surface area contributed by atoms with Gasteiger partial charge in [-0.1, -0.05) is 11.6 Å². The summed E-state index contributed by atoms with van der Waals surface area (Å²) in [6, 6.07) is 8.98. The van der Waals surface area contributed by atoms with Crippen molar-refractivity contribution in [1.29, 1.82) is 0 Å². The zero-order valence-electron chi connectivity index (χ0n) is 17.6. The van der Waals surface area contributed by atoms with Gasteiger partial charge in [0.15, 0.2) is 5.43 Å². The van der Waals surface area contributed by atoms with Crippen molar-refractivity contribution in [2.24, 2.45) is 0 Å². The lowest BCUT2D eigenvalue weighted by atomic mass is 10.0. The van der Waals surface area contributed by atoms with Gasteiger partial charge in [0.1, 0.15) is 34.0 Å². The van der Waals surface area contributed by atoms with Crippen LogP contribution >= 0.6 is 0 Å². The van der Waals surface area contributed by atoms with E-state index in [1.807, 2.05) is 19.9 Å². The fourth-order valence-electron chi connectivity index (χ4n) is 3.08. The average molecular weight is 422 g/mol. The first-order chi connectivity index (χ1) is 14.7. The number of ether oxygens (including phenoxy) is 2. The normalized spacial score (nSPS) is 10.6. The molecule has 0 fully saturated rings. The zero-order valence-corrected chi connectivity index (χ0v) is 17.6. The highest BCUT2D eigenvalue weighted by atomic mass is 16.5. The Kier molecular flexibility index (Phi) is 6.25. The Balaban J connectivity index is 2.23.